The van der Waals surface area contributed by atoms with Gasteiger partial charge in [0.15, 0.2) is 11.5 Å². The summed E-state index contributed by atoms with van der Waals surface area (Å²) in [6, 6.07) is 24.7. The van der Waals surface area contributed by atoms with Crippen LogP contribution in [0.3, 0.4) is 0 Å². The summed E-state index contributed by atoms with van der Waals surface area (Å²) in [5.41, 5.74) is 2.83. The van der Waals surface area contributed by atoms with Gasteiger partial charge >= 0.3 is 0 Å². The van der Waals surface area contributed by atoms with E-state index in [0.29, 0.717) is 29.4 Å². The van der Waals surface area contributed by atoms with Gasteiger partial charge in [-0.1, -0.05) is 72.8 Å². The van der Waals surface area contributed by atoms with Crippen molar-refractivity contribution in [3.63, 3.8) is 0 Å². The van der Waals surface area contributed by atoms with Crippen molar-refractivity contribution >= 4 is 22.5 Å². The molecule has 0 spiro atoms. The molecular weight excluding hydrogens is 426 g/mol. The van der Waals surface area contributed by atoms with Crippen LogP contribution in [0.4, 0.5) is 0 Å². The quantitative estimate of drug-likeness (QED) is 0.433. The molecule has 2 heterocycles. The van der Waals surface area contributed by atoms with E-state index < -0.39 is 0 Å². The van der Waals surface area contributed by atoms with Gasteiger partial charge < -0.3 is 4.90 Å². The van der Waals surface area contributed by atoms with Crippen molar-refractivity contribution in [3.05, 3.63) is 100 Å². The van der Waals surface area contributed by atoms with Crippen LogP contribution in [-0.2, 0) is 7.05 Å². The Labute approximate surface area is 197 Å². The Balaban J connectivity index is 1.37. The number of amides is 1. The number of fused-ring (bicyclic) bond motifs is 1. The maximum atomic E-state index is 13.4. The summed E-state index contributed by atoms with van der Waals surface area (Å²) >= 11 is 0. The Morgan fingerprint density at radius 2 is 1.50 bits per heavy atom. The van der Waals surface area contributed by atoms with Crippen LogP contribution in [0.5, 0.6) is 0 Å². The first kappa shape index (κ1) is 21.8. The summed E-state index contributed by atoms with van der Waals surface area (Å²) < 4.78 is 1.20. The van der Waals surface area contributed by atoms with Gasteiger partial charge in [-0.2, -0.15) is 5.10 Å². The number of aromatic nitrogens is 2. The number of likely N-dealkylation sites (tertiary alicyclic amines) is 1. The van der Waals surface area contributed by atoms with Gasteiger partial charge in [-0.3, -0.25) is 14.4 Å². The zero-order valence-electron chi connectivity index (χ0n) is 19.0. The van der Waals surface area contributed by atoms with Gasteiger partial charge in [0, 0.05) is 37.0 Å². The average Bonchev–Trinajstić information content (AvgIpc) is 2.90. The highest BCUT2D eigenvalue weighted by atomic mass is 16.2. The van der Waals surface area contributed by atoms with Gasteiger partial charge in [-0.15, -0.1) is 0 Å². The molecule has 6 heteroatoms. The summed E-state index contributed by atoms with van der Waals surface area (Å²) in [4.78, 5) is 40.8. The molecule has 5 rings (SSSR count). The van der Waals surface area contributed by atoms with Gasteiger partial charge in [0.25, 0.3) is 11.5 Å². The summed E-state index contributed by atoms with van der Waals surface area (Å²) in [5, 5.41) is 5.28. The molecule has 0 bridgehead atoms. The number of rotatable bonds is 4. The summed E-state index contributed by atoms with van der Waals surface area (Å²) in [6.45, 7) is 0.908. The molecule has 0 radical (unpaired) electrons. The predicted octanol–water partition coefficient (Wildman–Crippen LogP) is 4.34. The zero-order chi connectivity index (χ0) is 23.7. The lowest BCUT2D eigenvalue weighted by atomic mass is 9.89. The molecule has 1 aliphatic rings. The number of carbonyl (C=O) groups is 2. The van der Waals surface area contributed by atoms with Crippen molar-refractivity contribution < 1.29 is 9.59 Å². The van der Waals surface area contributed by atoms with Crippen LogP contribution in [0, 0.1) is 5.92 Å². The largest absolute Gasteiger partial charge is 0.336 e. The maximum absolute atomic E-state index is 13.4. The molecule has 170 valence electrons. The lowest BCUT2D eigenvalue weighted by Crippen LogP contribution is -2.43. The van der Waals surface area contributed by atoms with E-state index in [0.717, 1.165) is 24.0 Å². The van der Waals surface area contributed by atoms with Crippen molar-refractivity contribution in [2.24, 2.45) is 13.0 Å². The Kier molecular flexibility index (Phi) is 5.80. The van der Waals surface area contributed by atoms with Crippen molar-refractivity contribution in [3.8, 4) is 11.1 Å². The molecule has 4 aromatic rings. The van der Waals surface area contributed by atoms with Crippen LogP contribution in [-0.4, -0.2) is 39.5 Å². The Morgan fingerprint density at radius 1 is 0.853 bits per heavy atom. The van der Waals surface area contributed by atoms with E-state index in [-0.39, 0.29) is 28.9 Å². The Morgan fingerprint density at radius 3 is 2.24 bits per heavy atom. The third-order valence-corrected chi connectivity index (χ3v) is 6.52. The number of Topliss-reactive ketones (excluding diaryl/α,β-unsaturated/α-hetero) is 1. The van der Waals surface area contributed by atoms with E-state index in [2.05, 4.69) is 5.10 Å². The number of nitrogens with zero attached hydrogens (tertiary/aromatic N) is 3. The number of aryl methyl sites for hydroxylation is 1. The van der Waals surface area contributed by atoms with Gasteiger partial charge in [-0.25, -0.2) is 4.68 Å². The van der Waals surface area contributed by atoms with Gasteiger partial charge in [0.2, 0.25) is 0 Å². The molecule has 1 saturated heterocycles. The van der Waals surface area contributed by atoms with Gasteiger partial charge in [0.05, 0.1) is 5.39 Å². The third kappa shape index (κ3) is 4.03. The van der Waals surface area contributed by atoms with Crippen LogP contribution in [0.15, 0.2) is 83.7 Å². The molecule has 1 atom stereocenters. The second-order valence-electron chi connectivity index (χ2n) is 8.72. The fourth-order valence-corrected chi connectivity index (χ4v) is 4.68. The third-order valence-electron chi connectivity index (χ3n) is 6.52. The lowest BCUT2D eigenvalue weighted by molar-refractivity contribution is 0.0632. The van der Waals surface area contributed by atoms with Crippen molar-refractivity contribution in [1.82, 2.24) is 14.7 Å². The number of hydrogen-bond donors (Lipinski definition) is 0. The smallest absolute Gasteiger partial charge is 0.274 e. The standard InChI is InChI=1S/C28H25N3O3/c1-30-27(33)24-12-6-5-11-23(24)25(29-30)28(34)31-17-7-10-22(18-31)26(32)21-15-13-20(14-16-21)19-8-3-2-4-9-19/h2-6,8-9,11-16,22H,7,10,17-18H2,1H3/t22-/m0/s1. The lowest BCUT2D eigenvalue weighted by Gasteiger charge is -2.32. The zero-order valence-corrected chi connectivity index (χ0v) is 19.0. The first-order chi connectivity index (χ1) is 16.5. The Bertz CT molecular complexity index is 1430. The molecule has 1 fully saturated rings. The van der Waals surface area contributed by atoms with E-state index >= 15 is 0 Å². The van der Waals surface area contributed by atoms with E-state index in [1.54, 1.807) is 36.2 Å². The minimum Gasteiger partial charge on any atom is -0.336 e. The average molecular weight is 452 g/mol. The van der Waals surface area contributed by atoms with E-state index in [9.17, 15) is 14.4 Å². The van der Waals surface area contributed by atoms with Crippen molar-refractivity contribution in [1.29, 1.82) is 0 Å². The van der Waals surface area contributed by atoms with Crippen LogP contribution < -0.4 is 5.56 Å². The number of ketones is 1. The minimum atomic E-state index is -0.265. The topological polar surface area (TPSA) is 72.3 Å². The molecule has 0 unspecified atom stereocenters. The fraction of sp³-hybridized carbons (Fsp3) is 0.214. The molecular formula is C28H25N3O3. The normalized spacial score (nSPS) is 15.9. The van der Waals surface area contributed by atoms with E-state index in [1.807, 2.05) is 54.6 Å². The highest BCUT2D eigenvalue weighted by Gasteiger charge is 2.31. The SMILES string of the molecule is Cn1nc(C(=O)N2CCC[C@H](C(=O)c3ccc(-c4ccccc4)cc3)C2)c2ccccc2c1=O. The molecule has 0 N–H and O–H groups in total. The first-order valence-electron chi connectivity index (χ1n) is 11.5. The number of carbonyl (C=O) groups excluding carboxylic acids is 2. The van der Waals surface area contributed by atoms with Crippen LogP contribution in [0.25, 0.3) is 21.9 Å². The summed E-state index contributed by atoms with van der Waals surface area (Å²) in [5.74, 6) is -0.460. The molecule has 6 nitrogen and oxygen atoms in total. The molecule has 0 saturated carbocycles. The molecule has 34 heavy (non-hydrogen) atoms. The monoisotopic (exact) mass is 451 g/mol. The predicted molar refractivity (Wildman–Crippen MR) is 132 cm³/mol. The van der Waals surface area contributed by atoms with E-state index in [4.69, 9.17) is 0 Å². The maximum Gasteiger partial charge on any atom is 0.274 e. The second-order valence-corrected chi connectivity index (χ2v) is 8.72. The molecule has 1 aromatic heterocycles. The molecule has 0 aliphatic carbocycles. The molecule has 1 aliphatic heterocycles. The van der Waals surface area contributed by atoms with E-state index in [1.165, 1.54) is 4.68 Å². The van der Waals surface area contributed by atoms with Crippen molar-refractivity contribution in [2.75, 3.05) is 13.1 Å². The number of benzene rings is 3. The number of hydrogen-bond acceptors (Lipinski definition) is 4. The Hall–Kier alpha value is -4.06. The summed E-state index contributed by atoms with van der Waals surface area (Å²) in [6.07, 6.45) is 1.48. The summed E-state index contributed by atoms with van der Waals surface area (Å²) in [7, 11) is 1.55. The van der Waals surface area contributed by atoms with Gasteiger partial charge in [-0.05, 0) is 30.0 Å². The van der Waals surface area contributed by atoms with Crippen LogP contribution in [0.2, 0.25) is 0 Å². The van der Waals surface area contributed by atoms with Crippen molar-refractivity contribution in [2.45, 2.75) is 12.8 Å². The highest BCUT2D eigenvalue weighted by Crippen LogP contribution is 2.25. The minimum absolute atomic E-state index is 0.0513. The molecule has 1 amide bonds. The van der Waals surface area contributed by atoms with Crippen LogP contribution >= 0.6 is 0 Å². The fourth-order valence-electron chi connectivity index (χ4n) is 4.68. The number of piperidine rings is 1. The van der Waals surface area contributed by atoms with Gasteiger partial charge in [0.1, 0.15) is 0 Å². The highest BCUT2D eigenvalue weighted by molar-refractivity contribution is 6.05. The molecule has 3 aromatic carbocycles. The first-order valence-corrected chi connectivity index (χ1v) is 11.5. The second kappa shape index (κ2) is 9.06. The van der Waals surface area contributed by atoms with Crippen LogP contribution in [0.1, 0.15) is 33.7 Å².